The topological polar surface area (TPSA) is 47.1 Å². The highest BCUT2D eigenvalue weighted by Crippen LogP contribution is 2.39. The van der Waals surface area contributed by atoms with Gasteiger partial charge in [0.05, 0.1) is 23.5 Å². The van der Waals surface area contributed by atoms with Crippen LogP contribution in [-0.2, 0) is 6.54 Å². The lowest BCUT2D eigenvalue weighted by atomic mass is 9.77. The molecule has 4 nitrogen and oxygen atoms in total. The van der Waals surface area contributed by atoms with Crippen molar-refractivity contribution in [2.24, 2.45) is 11.7 Å². The van der Waals surface area contributed by atoms with Crippen LogP contribution >= 0.6 is 11.6 Å². The first-order chi connectivity index (χ1) is 9.13. The highest BCUT2D eigenvalue weighted by molar-refractivity contribution is 6.31. The summed E-state index contributed by atoms with van der Waals surface area (Å²) in [4.78, 5) is 2.17. The van der Waals surface area contributed by atoms with Crippen LogP contribution in [0, 0.1) is 5.92 Å². The molecule has 2 N–H and O–H groups in total. The molecule has 5 heteroatoms. The average Bonchev–Trinajstić information content (AvgIpc) is 2.77. The Kier molecular flexibility index (Phi) is 5.25. The van der Waals surface area contributed by atoms with Crippen LogP contribution in [0.3, 0.4) is 0 Å². The molecule has 0 spiro atoms. The molecule has 0 amide bonds. The number of hydrogen-bond donors (Lipinski definition) is 1. The monoisotopic (exact) mass is 284 g/mol. The van der Waals surface area contributed by atoms with E-state index in [0.29, 0.717) is 11.8 Å². The highest BCUT2D eigenvalue weighted by atomic mass is 35.5. The van der Waals surface area contributed by atoms with Gasteiger partial charge in [-0.3, -0.25) is 4.68 Å². The molecule has 2 atom stereocenters. The predicted molar refractivity (Wildman–Crippen MR) is 79.5 cm³/mol. The number of likely N-dealkylation sites (N-methyl/N-ethyl adjacent to an activating group) is 1. The smallest absolute Gasteiger partial charge is 0.0820 e. The van der Waals surface area contributed by atoms with E-state index < -0.39 is 0 Å². The Morgan fingerprint density at radius 2 is 2.16 bits per heavy atom. The summed E-state index contributed by atoms with van der Waals surface area (Å²) in [6.07, 6.45) is 6.76. The van der Waals surface area contributed by atoms with Crippen molar-refractivity contribution < 1.29 is 0 Å². The number of halogens is 1. The van der Waals surface area contributed by atoms with Crippen molar-refractivity contribution in [3.63, 3.8) is 0 Å². The zero-order valence-corrected chi connectivity index (χ0v) is 12.7. The van der Waals surface area contributed by atoms with E-state index in [-0.39, 0.29) is 0 Å². The molecular weight excluding hydrogens is 260 g/mol. The average molecular weight is 285 g/mol. The van der Waals surface area contributed by atoms with Crippen molar-refractivity contribution in [2.75, 3.05) is 27.2 Å². The van der Waals surface area contributed by atoms with Gasteiger partial charge in [-0.1, -0.05) is 24.4 Å². The van der Waals surface area contributed by atoms with E-state index in [1.807, 2.05) is 0 Å². The number of nitrogens with zero attached hydrogens (tertiary/aromatic N) is 3. The maximum Gasteiger partial charge on any atom is 0.0820 e. The normalized spacial score (nSPS) is 24.1. The lowest BCUT2D eigenvalue weighted by Crippen LogP contribution is -2.28. The number of aromatic nitrogens is 2. The van der Waals surface area contributed by atoms with Crippen LogP contribution < -0.4 is 5.73 Å². The summed E-state index contributed by atoms with van der Waals surface area (Å²) in [7, 11) is 4.15. The fourth-order valence-corrected chi connectivity index (χ4v) is 3.34. The van der Waals surface area contributed by atoms with Crippen molar-refractivity contribution in [1.82, 2.24) is 14.7 Å². The first-order valence-corrected chi connectivity index (χ1v) is 7.57. The summed E-state index contributed by atoms with van der Waals surface area (Å²) in [6, 6.07) is 0. The number of hydrogen-bond acceptors (Lipinski definition) is 3. The minimum absolute atomic E-state index is 0.482. The first-order valence-electron chi connectivity index (χ1n) is 7.19. The molecule has 2 unspecified atom stereocenters. The predicted octanol–water partition coefficient (Wildman–Crippen LogP) is 2.33. The Bertz CT molecular complexity index is 402. The van der Waals surface area contributed by atoms with E-state index in [0.717, 1.165) is 24.7 Å². The van der Waals surface area contributed by atoms with Gasteiger partial charge in [0.25, 0.3) is 0 Å². The second kappa shape index (κ2) is 6.73. The molecule has 1 aliphatic carbocycles. The van der Waals surface area contributed by atoms with E-state index >= 15 is 0 Å². The third kappa shape index (κ3) is 3.50. The zero-order chi connectivity index (χ0) is 13.8. The molecule has 2 rings (SSSR count). The second-order valence-corrected chi connectivity index (χ2v) is 6.20. The maximum absolute atomic E-state index is 6.38. The molecule has 108 valence electrons. The van der Waals surface area contributed by atoms with Gasteiger partial charge in [-0.25, -0.2) is 0 Å². The van der Waals surface area contributed by atoms with Crippen molar-refractivity contribution in [3.05, 3.63) is 16.9 Å². The van der Waals surface area contributed by atoms with Gasteiger partial charge in [0.1, 0.15) is 0 Å². The molecule has 1 heterocycles. The standard InChI is InChI=1S/C14H25ClN4/c1-18(2)7-8-19-14(13(15)10-17-19)12-6-4-3-5-11(12)9-16/h10-12H,3-9,16H2,1-2H3. The molecule has 1 saturated carbocycles. The zero-order valence-electron chi connectivity index (χ0n) is 12.0. The molecule has 0 bridgehead atoms. The minimum Gasteiger partial charge on any atom is -0.330 e. The van der Waals surface area contributed by atoms with Crippen LogP contribution in [-0.4, -0.2) is 41.9 Å². The Balaban J connectivity index is 2.19. The van der Waals surface area contributed by atoms with Gasteiger partial charge in [0, 0.05) is 12.5 Å². The van der Waals surface area contributed by atoms with Crippen LogP contribution in [0.15, 0.2) is 6.20 Å². The van der Waals surface area contributed by atoms with Gasteiger partial charge in [0.2, 0.25) is 0 Å². The van der Waals surface area contributed by atoms with Gasteiger partial charge in [-0.15, -0.1) is 0 Å². The number of rotatable bonds is 5. The molecule has 19 heavy (non-hydrogen) atoms. The van der Waals surface area contributed by atoms with Crippen molar-refractivity contribution in [3.8, 4) is 0 Å². The Hall–Kier alpha value is -0.580. The SMILES string of the molecule is CN(C)CCn1ncc(Cl)c1C1CCCCC1CN. The molecule has 1 fully saturated rings. The Labute approximate surface area is 120 Å². The fourth-order valence-electron chi connectivity index (χ4n) is 3.06. The lowest BCUT2D eigenvalue weighted by molar-refractivity contribution is 0.293. The summed E-state index contributed by atoms with van der Waals surface area (Å²) < 4.78 is 2.08. The third-order valence-electron chi connectivity index (χ3n) is 4.16. The third-order valence-corrected chi connectivity index (χ3v) is 4.45. The second-order valence-electron chi connectivity index (χ2n) is 5.79. The first kappa shape index (κ1) is 14.8. The van der Waals surface area contributed by atoms with Crippen LogP contribution in [0.1, 0.15) is 37.3 Å². The molecule has 0 saturated heterocycles. The van der Waals surface area contributed by atoms with Gasteiger partial charge >= 0.3 is 0 Å². The highest BCUT2D eigenvalue weighted by Gasteiger charge is 2.29. The summed E-state index contributed by atoms with van der Waals surface area (Å²) in [5.74, 6) is 1.04. The van der Waals surface area contributed by atoms with Crippen molar-refractivity contribution in [1.29, 1.82) is 0 Å². The Morgan fingerprint density at radius 3 is 2.84 bits per heavy atom. The van der Waals surface area contributed by atoms with Gasteiger partial charge in [-0.05, 0) is 39.4 Å². The Morgan fingerprint density at radius 1 is 1.42 bits per heavy atom. The minimum atomic E-state index is 0.482. The van der Waals surface area contributed by atoms with E-state index in [2.05, 4.69) is 28.8 Å². The molecule has 0 radical (unpaired) electrons. The maximum atomic E-state index is 6.38. The van der Waals surface area contributed by atoms with Gasteiger partial charge in [0.15, 0.2) is 0 Å². The quantitative estimate of drug-likeness (QED) is 0.903. The van der Waals surface area contributed by atoms with Crippen molar-refractivity contribution in [2.45, 2.75) is 38.1 Å². The molecule has 1 aromatic heterocycles. The summed E-state index contributed by atoms with van der Waals surface area (Å²) >= 11 is 6.38. The molecular formula is C14H25ClN4. The lowest BCUT2D eigenvalue weighted by Gasteiger charge is -2.31. The summed E-state index contributed by atoms with van der Waals surface area (Å²) in [5.41, 5.74) is 7.15. The van der Waals surface area contributed by atoms with Crippen LogP contribution in [0.4, 0.5) is 0 Å². The van der Waals surface area contributed by atoms with Crippen molar-refractivity contribution >= 4 is 11.6 Å². The summed E-state index contributed by atoms with van der Waals surface area (Å²) in [5, 5.41) is 5.26. The van der Waals surface area contributed by atoms with Gasteiger partial charge < -0.3 is 10.6 Å². The van der Waals surface area contributed by atoms with E-state index in [1.54, 1.807) is 6.20 Å². The molecule has 0 aliphatic heterocycles. The fraction of sp³-hybridized carbons (Fsp3) is 0.786. The van der Waals surface area contributed by atoms with E-state index in [1.165, 1.54) is 31.4 Å². The van der Waals surface area contributed by atoms with Crippen LogP contribution in [0.5, 0.6) is 0 Å². The van der Waals surface area contributed by atoms with Crippen LogP contribution in [0.2, 0.25) is 5.02 Å². The molecule has 1 aromatic rings. The van der Waals surface area contributed by atoms with E-state index in [4.69, 9.17) is 17.3 Å². The van der Waals surface area contributed by atoms with Crippen LogP contribution in [0.25, 0.3) is 0 Å². The van der Waals surface area contributed by atoms with E-state index in [9.17, 15) is 0 Å². The molecule has 1 aliphatic rings. The number of nitrogens with two attached hydrogens (primary N) is 1. The summed E-state index contributed by atoms with van der Waals surface area (Å²) in [6.45, 7) is 2.62. The molecule has 0 aromatic carbocycles. The largest absolute Gasteiger partial charge is 0.330 e. The van der Waals surface area contributed by atoms with Gasteiger partial charge in [-0.2, -0.15) is 5.10 Å².